The number of aromatic nitrogens is 3. The molecular formula is C25H19ClFN5O2S. The second-order valence-corrected chi connectivity index (χ2v) is 9.17. The van der Waals surface area contributed by atoms with Crippen LogP contribution in [0.4, 0.5) is 10.1 Å². The molecule has 2 heterocycles. The van der Waals surface area contributed by atoms with Crippen molar-refractivity contribution in [1.82, 2.24) is 14.8 Å². The third-order valence-electron chi connectivity index (χ3n) is 5.80. The number of carbonyl (C=O) groups is 2. The van der Waals surface area contributed by atoms with Crippen molar-refractivity contribution in [3.05, 3.63) is 88.0 Å². The van der Waals surface area contributed by atoms with E-state index in [1.54, 1.807) is 28.9 Å². The predicted octanol–water partition coefficient (Wildman–Crippen LogP) is 4.90. The molecule has 0 spiro atoms. The van der Waals surface area contributed by atoms with Gasteiger partial charge in [0.2, 0.25) is 0 Å². The fraction of sp³-hybridized carbons (Fsp3) is 0.120. The van der Waals surface area contributed by atoms with Gasteiger partial charge in [-0.25, -0.2) is 14.1 Å². The third kappa shape index (κ3) is 4.28. The molecule has 1 aliphatic carbocycles. The summed E-state index contributed by atoms with van der Waals surface area (Å²) < 4.78 is 15.1. The van der Waals surface area contributed by atoms with Crippen LogP contribution in [0.3, 0.4) is 0 Å². The molecule has 0 saturated carbocycles. The van der Waals surface area contributed by atoms with E-state index in [4.69, 9.17) is 17.3 Å². The standard InChI is InChI=1S/C25H19ClFN5O2S/c1-35-20-11-10-19(26)22(30-20)25(34)29-15-6-2-13-3-9-17-21(24(28)33)31-32(23(17)18(13)12-15)16-7-4-14(27)5-8-16/h2,4-8,10-12H,3,9H2,1H3,(H2,28,33)(H,29,34). The Morgan fingerprint density at radius 2 is 1.86 bits per heavy atom. The van der Waals surface area contributed by atoms with Crippen molar-refractivity contribution >= 4 is 40.9 Å². The maximum absolute atomic E-state index is 13.5. The fourth-order valence-corrected chi connectivity index (χ4v) is 4.75. The highest BCUT2D eigenvalue weighted by Gasteiger charge is 2.28. The summed E-state index contributed by atoms with van der Waals surface area (Å²) in [6.07, 6.45) is 3.12. The second-order valence-electron chi connectivity index (χ2n) is 7.94. The van der Waals surface area contributed by atoms with Gasteiger partial charge in [-0.1, -0.05) is 17.7 Å². The Balaban J connectivity index is 1.58. The molecule has 176 valence electrons. The van der Waals surface area contributed by atoms with Crippen molar-refractivity contribution in [2.45, 2.75) is 17.9 Å². The molecule has 0 radical (unpaired) electrons. The molecule has 0 atom stereocenters. The number of primary amides is 1. The van der Waals surface area contributed by atoms with Gasteiger partial charge in [0.15, 0.2) is 5.69 Å². The highest BCUT2D eigenvalue weighted by molar-refractivity contribution is 7.98. The summed E-state index contributed by atoms with van der Waals surface area (Å²) >= 11 is 7.62. The lowest BCUT2D eigenvalue weighted by Crippen LogP contribution is -2.16. The maximum Gasteiger partial charge on any atom is 0.275 e. The maximum atomic E-state index is 13.5. The number of pyridine rings is 1. The zero-order chi connectivity index (χ0) is 24.7. The molecule has 2 aromatic heterocycles. The van der Waals surface area contributed by atoms with Gasteiger partial charge >= 0.3 is 0 Å². The van der Waals surface area contributed by atoms with Crippen molar-refractivity contribution in [3.8, 4) is 16.9 Å². The quantitative estimate of drug-likeness (QED) is 0.374. The first-order valence-electron chi connectivity index (χ1n) is 10.7. The summed E-state index contributed by atoms with van der Waals surface area (Å²) in [7, 11) is 0. The molecule has 0 saturated heterocycles. The molecule has 0 unspecified atom stereocenters. The third-order valence-corrected chi connectivity index (χ3v) is 6.75. The average Bonchev–Trinajstić information content (AvgIpc) is 3.25. The molecular weight excluding hydrogens is 489 g/mol. The largest absolute Gasteiger partial charge is 0.364 e. The van der Waals surface area contributed by atoms with Gasteiger partial charge in [-0.15, -0.1) is 11.8 Å². The van der Waals surface area contributed by atoms with Gasteiger partial charge in [-0.05, 0) is 73.2 Å². The zero-order valence-corrected chi connectivity index (χ0v) is 20.1. The number of anilines is 1. The number of nitrogens with one attached hydrogen (secondary N) is 1. The molecule has 35 heavy (non-hydrogen) atoms. The van der Waals surface area contributed by atoms with Crippen LogP contribution in [0.15, 0.2) is 59.6 Å². The smallest absolute Gasteiger partial charge is 0.275 e. The Kier molecular flexibility index (Phi) is 6.04. The van der Waals surface area contributed by atoms with Crippen LogP contribution in [0.25, 0.3) is 16.9 Å². The summed E-state index contributed by atoms with van der Waals surface area (Å²) in [4.78, 5) is 29.4. The number of hydrogen-bond donors (Lipinski definition) is 2. The lowest BCUT2D eigenvalue weighted by molar-refractivity contribution is 0.0991. The van der Waals surface area contributed by atoms with Crippen LogP contribution in [-0.4, -0.2) is 32.8 Å². The first kappa shape index (κ1) is 23.1. The van der Waals surface area contributed by atoms with Gasteiger partial charge in [0.25, 0.3) is 11.8 Å². The van der Waals surface area contributed by atoms with Crippen molar-refractivity contribution < 1.29 is 14.0 Å². The first-order valence-corrected chi connectivity index (χ1v) is 12.3. The number of hydrogen-bond acceptors (Lipinski definition) is 5. The lowest BCUT2D eigenvalue weighted by atomic mass is 9.88. The van der Waals surface area contributed by atoms with E-state index in [2.05, 4.69) is 15.4 Å². The number of aryl methyl sites for hydroxylation is 1. The number of nitrogens with two attached hydrogens (primary N) is 1. The van der Waals surface area contributed by atoms with Crippen LogP contribution in [0, 0.1) is 5.82 Å². The van der Waals surface area contributed by atoms with Crippen LogP contribution >= 0.6 is 23.4 Å². The molecule has 5 rings (SSSR count). The van der Waals surface area contributed by atoms with Crippen LogP contribution in [-0.2, 0) is 12.8 Å². The highest BCUT2D eigenvalue weighted by atomic mass is 35.5. The minimum Gasteiger partial charge on any atom is -0.364 e. The fourth-order valence-electron chi connectivity index (χ4n) is 4.17. The minimum absolute atomic E-state index is 0.129. The van der Waals surface area contributed by atoms with E-state index in [9.17, 15) is 14.0 Å². The second kappa shape index (κ2) is 9.16. The summed E-state index contributed by atoms with van der Waals surface area (Å²) in [5, 5.41) is 8.25. The first-order chi connectivity index (χ1) is 16.9. The summed E-state index contributed by atoms with van der Waals surface area (Å²) in [5.74, 6) is -1.45. The number of rotatable bonds is 5. The lowest BCUT2D eigenvalue weighted by Gasteiger charge is -2.20. The average molecular weight is 508 g/mol. The minimum atomic E-state index is -0.635. The Morgan fingerprint density at radius 3 is 2.57 bits per heavy atom. The Labute approximate surface area is 209 Å². The van der Waals surface area contributed by atoms with E-state index in [1.165, 1.54) is 23.9 Å². The summed E-state index contributed by atoms with van der Waals surface area (Å²) in [6.45, 7) is 0. The van der Waals surface area contributed by atoms with E-state index in [0.717, 1.165) is 16.7 Å². The number of amides is 2. The topological polar surface area (TPSA) is 103 Å². The van der Waals surface area contributed by atoms with Crippen molar-refractivity contribution in [2.24, 2.45) is 5.73 Å². The number of carbonyl (C=O) groups excluding carboxylic acids is 2. The molecule has 0 bridgehead atoms. The van der Waals surface area contributed by atoms with Gasteiger partial charge in [-0.2, -0.15) is 5.10 Å². The molecule has 0 aliphatic heterocycles. The van der Waals surface area contributed by atoms with E-state index in [1.807, 2.05) is 24.5 Å². The summed E-state index contributed by atoms with van der Waals surface area (Å²) in [6, 6.07) is 14.8. The van der Waals surface area contributed by atoms with Crippen molar-refractivity contribution in [2.75, 3.05) is 11.6 Å². The molecule has 2 aromatic carbocycles. The molecule has 3 N–H and O–H groups in total. The van der Waals surface area contributed by atoms with E-state index in [0.29, 0.717) is 34.9 Å². The molecule has 4 aromatic rings. The van der Waals surface area contributed by atoms with Crippen LogP contribution < -0.4 is 11.1 Å². The molecule has 2 amide bonds. The number of fused-ring (bicyclic) bond motifs is 3. The van der Waals surface area contributed by atoms with Gasteiger partial charge in [0.1, 0.15) is 11.5 Å². The monoisotopic (exact) mass is 507 g/mol. The Morgan fingerprint density at radius 1 is 1.09 bits per heavy atom. The van der Waals surface area contributed by atoms with E-state index >= 15 is 0 Å². The number of halogens is 2. The number of nitrogens with zero attached hydrogens (tertiary/aromatic N) is 3. The molecule has 1 aliphatic rings. The van der Waals surface area contributed by atoms with Crippen LogP contribution in [0.5, 0.6) is 0 Å². The molecule has 10 heteroatoms. The van der Waals surface area contributed by atoms with E-state index < -0.39 is 11.8 Å². The molecule has 0 fully saturated rings. The van der Waals surface area contributed by atoms with Gasteiger partial charge in [-0.3, -0.25) is 9.59 Å². The number of benzene rings is 2. The van der Waals surface area contributed by atoms with Gasteiger partial charge in [0.05, 0.1) is 21.4 Å². The van der Waals surface area contributed by atoms with Crippen LogP contribution in [0.2, 0.25) is 5.02 Å². The number of thioether (sulfide) groups is 1. The molecule has 7 nitrogen and oxygen atoms in total. The summed E-state index contributed by atoms with van der Waals surface area (Å²) in [5.41, 5.74) is 10.3. The van der Waals surface area contributed by atoms with E-state index in [-0.39, 0.29) is 22.2 Å². The van der Waals surface area contributed by atoms with Crippen LogP contribution in [0.1, 0.15) is 32.1 Å². The Bertz CT molecular complexity index is 1490. The highest BCUT2D eigenvalue weighted by Crippen LogP contribution is 2.38. The van der Waals surface area contributed by atoms with Gasteiger partial charge in [0, 0.05) is 16.8 Å². The predicted molar refractivity (Wildman–Crippen MR) is 134 cm³/mol. The zero-order valence-electron chi connectivity index (χ0n) is 18.5. The Hall–Kier alpha value is -3.69. The van der Waals surface area contributed by atoms with Crippen molar-refractivity contribution in [1.29, 1.82) is 0 Å². The van der Waals surface area contributed by atoms with Gasteiger partial charge < -0.3 is 11.1 Å². The normalized spacial score (nSPS) is 12.1. The SMILES string of the molecule is CSc1ccc(Cl)c(C(=O)Nc2ccc3c(c2)-c2c(c(C(N)=O)nn2-c2ccc(F)cc2)CC3)n1. The van der Waals surface area contributed by atoms with Crippen molar-refractivity contribution in [3.63, 3.8) is 0 Å².